The predicted octanol–water partition coefficient (Wildman–Crippen LogP) is 5.35. The molecular formula is C21H14Cl2N2O3. The molecule has 7 heteroatoms. The third-order valence-corrected chi connectivity index (χ3v) is 5.00. The van der Waals surface area contributed by atoms with Gasteiger partial charge in [-0.05, 0) is 35.9 Å². The van der Waals surface area contributed by atoms with Gasteiger partial charge in [0, 0.05) is 11.6 Å². The summed E-state index contributed by atoms with van der Waals surface area (Å²) in [7, 11) is 0. The van der Waals surface area contributed by atoms with Crippen molar-refractivity contribution in [1.29, 1.82) is 0 Å². The summed E-state index contributed by atoms with van der Waals surface area (Å²) in [6, 6.07) is 17.5. The lowest BCUT2D eigenvalue weighted by molar-refractivity contribution is -0.123. The van der Waals surface area contributed by atoms with Crippen molar-refractivity contribution in [2.45, 2.75) is 6.54 Å². The smallest absolute Gasteiger partial charge is 0.329 e. The van der Waals surface area contributed by atoms with Crippen LogP contribution in [0.3, 0.4) is 0 Å². The lowest BCUT2D eigenvalue weighted by Gasteiger charge is -2.11. The average Bonchev–Trinajstić information content (AvgIpc) is 3.25. The van der Waals surface area contributed by atoms with Crippen molar-refractivity contribution in [2.24, 2.45) is 0 Å². The van der Waals surface area contributed by atoms with Gasteiger partial charge in [0.2, 0.25) is 0 Å². The van der Waals surface area contributed by atoms with Crippen molar-refractivity contribution >= 4 is 41.2 Å². The van der Waals surface area contributed by atoms with Crippen molar-refractivity contribution in [3.8, 4) is 11.3 Å². The Kier molecular flexibility index (Phi) is 4.94. The molecule has 28 heavy (non-hydrogen) atoms. The van der Waals surface area contributed by atoms with E-state index in [0.29, 0.717) is 21.6 Å². The van der Waals surface area contributed by atoms with Crippen LogP contribution in [0, 0.1) is 0 Å². The van der Waals surface area contributed by atoms with Crippen LogP contribution in [0.2, 0.25) is 10.0 Å². The first-order valence-electron chi connectivity index (χ1n) is 8.45. The number of rotatable bonds is 4. The van der Waals surface area contributed by atoms with E-state index < -0.39 is 11.9 Å². The van der Waals surface area contributed by atoms with Crippen molar-refractivity contribution in [3.63, 3.8) is 0 Å². The van der Waals surface area contributed by atoms with E-state index in [1.165, 1.54) is 6.08 Å². The predicted molar refractivity (Wildman–Crippen MR) is 108 cm³/mol. The third kappa shape index (κ3) is 3.67. The molecule has 3 amide bonds. The molecule has 0 unspecified atom stereocenters. The lowest BCUT2D eigenvalue weighted by atomic mass is 10.2. The fraction of sp³-hybridized carbons (Fsp3) is 0.0476. The molecule has 0 aliphatic carbocycles. The van der Waals surface area contributed by atoms with Gasteiger partial charge in [-0.1, -0.05) is 53.5 Å². The van der Waals surface area contributed by atoms with Gasteiger partial charge in [0.05, 0.1) is 16.6 Å². The van der Waals surface area contributed by atoms with Crippen molar-refractivity contribution in [2.75, 3.05) is 0 Å². The molecule has 1 saturated heterocycles. The number of carbonyl (C=O) groups is 2. The van der Waals surface area contributed by atoms with Crippen molar-refractivity contribution in [3.05, 3.63) is 87.7 Å². The molecule has 4 rings (SSSR count). The number of nitrogens with zero attached hydrogens (tertiary/aromatic N) is 1. The summed E-state index contributed by atoms with van der Waals surface area (Å²) in [5, 5.41) is 3.47. The van der Waals surface area contributed by atoms with Crippen LogP contribution in [0.25, 0.3) is 17.4 Å². The lowest BCUT2D eigenvalue weighted by Crippen LogP contribution is -2.30. The third-order valence-electron chi connectivity index (χ3n) is 4.26. The van der Waals surface area contributed by atoms with Crippen molar-refractivity contribution in [1.82, 2.24) is 10.2 Å². The second-order valence-corrected chi connectivity index (χ2v) is 7.01. The molecule has 1 fully saturated rings. The van der Waals surface area contributed by atoms with Crippen LogP contribution in [0.15, 0.2) is 70.8 Å². The molecule has 0 spiro atoms. The number of imide groups is 1. The van der Waals surface area contributed by atoms with Crippen LogP contribution >= 0.6 is 23.2 Å². The number of halogens is 2. The molecular weight excluding hydrogens is 399 g/mol. The zero-order chi connectivity index (χ0) is 19.7. The Morgan fingerprint density at radius 3 is 2.50 bits per heavy atom. The Hall–Kier alpha value is -3.02. The largest absolute Gasteiger partial charge is 0.457 e. The minimum Gasteiger partial charge on any atom is -0.457 e. The summed E-state index contributed by atoms with van der Waals surface area (Å²) in [6.45, 7) is 0.204. The van der Waals surface area contributed by atoms with E-state index in [9.17, 15) is 9.59 Å². The molecule has 0 saturated carbocycles. The van der Waals surface area contributed by atoms with Crippen molar-refractivity contribution < 1.29 is 14.0 Å². The summed E-state index contributed by atoms with van der Waals surface area (Å²) in [4.78, 5) is 25.9. The van der Waals surface area contributed by atoms with E-state index in [1.807, 2.05) is 30.3 Å². The van der Waals surface area contributed by atoms with Gasteiger partial charge < -0.3 is 9.73 Å². The van der Waals surface area contributed by atoms with E-state index in [-0.39, 0.29) is 12.2 Å². The number of furan rings is 1. The number of benzene rings is 2. The minimum atomic E-state index is -0.462. The second-order valence-electron chi connectivity index (χ2n) is 6.20. The van der Waals surface area contributed by atoms with Crippen LogP contribution in [0.5, 0.6) is 0 Å². The van der Waals surface area contributed by atoms with Gasteiger partial charge in [-0.2, -0.15) is 0 Å². The van der Waals surface area contributed by atoms with E-state index in [1.54, 1.807) is 30.3 Å². The van der Waals surface area contributed by atoms with Gasteiger partial charge in [0.25, 0.3) is 5.91 Å². The molecule has 1 N–H and O–H groups in total. The minimum absolute atomic E-state index is 0.163. The molecule has 0 radical (unpaired) electrons. The highest BCUT2D eigenvalue weighted by Crippen LogP contribution is 2.30. The molecule has 1 aromatic heterocycles. The highest BCUT2D eigenvalue weighted by molar-refractivity contribution is 6.42. The first-order chi connectivity index (χ1) is 13.5. The Morgan fingerprint density at radius 2 is 1.75 bits per heavy atom. The van der Waals surface area contributed by atoms with Crippen LogP contribution in [0.4, 0.5) is 4.79 Å². The van der Waals surface area contributed by atoms with Crippen LogP contribution in [0.1, 0.15) is 11.3 Å². The number of hydrogen-bond donors (Lipinski definition) is 1. The normalized spacial score (nSPS) is 15.4. The quantitative estimate of drug-likeness (QED) is 0.464. The van der Waals surface area contributed by atoms with Gasteiger partial charge in [0.1, 0.15) is 17.2 Å². The fourth-order valence-corrected chi connectivity index (χ4v) is 3.16. The van der Waals surface area contributed by atoms with E-state index >= 15 is 0 Å². The molecule has 1 aliphatic heterocycles. The highest BCUT2D eigenvalue weighted by Gasteiger charge is 2.33. The Balaban J connectivity index is 1.55. The zero-order valence-electron chi connectivity index (χ0n) is 14.5. The fourth-order valence-electron chi connectivity index (χ4n) is 2.86. The molecule has 1 aliphatic rings. The molecule has 0 bridgehead atoms. The van der Waals surface area contributed by atoms with Crippen LogP contribution in [-0.2, 0) is 11.3 Å². The van der Waals surface area contributed by atoms with Gasteiger partial charge in [-0.25, -0.2) is 4.79 Å². The summed E-state index contributed by atoms with van der Waals surface area (Å²) in [5.74, 6) is 0.607. The highest BCUT2D eigenvalue weighted by atomic mass is 35.5. The maximum atomic E-state index is 12.6. The molecule has 5 nitrogen and oxygen atoms in total. The first-order valence-corrected chi connectivity index (χ1v) is 9.20. The van der Waals surface area contributed by atoms with Gasteiger partial charge in [-0.15, -0.1) is 0 Å². The molecule has 140 valence electrons. The topological polar surface area (TPSA) is 62.6 Å². The standard InChI is InChI=1S/C21H14Cl2N2O3/c22-16-8-6-14(10-17(16)23)19-9-7-15(28-19)11-18-20(26)25(21(27)24-18)12-13-4-2-1-3-5-13/h1-11H,12H2,(H,24,27). The number of carbonyl (C=O) groups excluding carboxylic acids is 2. The SMILES string of the molecule is O=C1NC(=Cc2ccc(-c3ccc(Cl)c(Cl)c3)o2)C(=O)N1Cc1ccccc1. The van der Waals surface area contributed by atoms with E-state index in [2.05, 4.69) is 5.32 Å². The van der Waals surface area contributed by atoms with E-state index in [0.717, 1.165) is 16.0 Å². The molecule has 2 heterocycles. The Morgan fingerprint density at radius 1 is 0.964 bits per heavy atom. The van der Waals surface area contributed by atoms with Crippen LogP contribution in [-0.4, -0.2) is 16.8 Å². The number of nitrogens with one attached hydrogen (secondary N) is 1. The maximum absolute atomic E-state index is 12.6. The Bertz CT molecular complexity index is 1090. The van der Waals surface area contributed by atoms with Gasteiger partial charge >= 0.3 is 6.03 Å². The molecule has 3 aromatic rings. The van der Waals surface area contributed by atoms with Gasteiger partial charge in [0.15, 0.2) is 0 Å². The number of amides is 3. The summed E-state index contributed by atoms with van der Waals surface area (Å²) >= 11 is 12.0. The number of hydrogen-bond acceptors (Lipinski definition) is 3. The van der Waals surface area contributed by atoms with Gasteiger partial charge in [-0.3, -0.25) is 9.69 Å². The zero-order valence-corrected chi connectivity index (χ0v) is 16.0. The maximum Gasteiger partial charge on any atom is 0.329 e. The summed E-state index contributed by atoms with van der Waals surface area (Å²) in [5.41, 5.74) is 1.79. The first kappa shape index (κ1) is 18.3. The summed E-state index contributed by atoms with van der Waals surface area (Å²) in [6.07, 6.45) is 1.51. The molecule has 2 aromatic carbocycles. The monoisotopic (exact) mass is 412 g/mol. The van der Waals surface area contributed by atoms with Crippen LogP contribution < -0.4 is 5.32 Å². The molecule has 0 atom stereocenters. The Labute approximate surface area is 171 Å². The van der Waals surface area contributed by atoms with E-state index in [4.69, 9.17) is 27.6 Å². The average molecular weight is 413 g/mol. The second kappa shape index (κ2) is 7.54. The summed E-state index contributed by atoms with van der Waals surface area (Å²) < 4.78 is 5.76. The number of urea groups is 1.